The molecule has 2 atom stereocenters. The maximum atomic E-state index is 10.3. The van der Waals surface area contributed by atoms with E-state index in [1.807, 2.05) is 42.5 Å². The average molecular weight is 357 g/mol. The minimum Gasteiger partial charge on any atom is -0.469 e. The molecule has 0 saturated carbocycles. The van der Waals surface area contributed by atoms with E-state index in [9.17, 15) is 5.11 Å². The highest BCUT2D eigenvalue weighted by Crippen LogP contribution is 2.12. The Morgan fingerprint density at radius 2 is 2.08 bits per heavy atom. The van der Waals surface area contributed by atoms with Gasteiger partial charge in [0, 0.05) is 32.0 Å². The minimum absolute atomic E-state index is 0.307. The van der Waals surface area contributed by atoms with Gasteiger partial charge in [-0.1, -0.05) is 30.3 Å². The van der Waals surface area contributed by atoms with Crippen LogP contribution in [0.25, 0.3) is 0 Å². The molecule has 1 saturated heterocycles. The largest absolute Gasteiger partial charge is 0.469 e. The normalized spacial score (nSPS) is 18.7. The lowest BCUT2D eigenvalue weighted by Crippen LogP contribution is -2.41. The molecule has 2 heterocycles. The lowest BCUT2D eigenvalue weighted by molar-refractivity contribution is 0.185. The van der Waals surface area contributed by atoms with E-state index in [4.69, 9.17) is 9.15 Å². The summed E-state index contributed by atoms with van der Waals surface area (Å²) in [7, 11) is 0. The number of rotatable bonds is 8. The molecule has 6 heteroatoms. The number of aliphatic hydroxyl groups excluding tert-OH is 1. The molecule has 140 valence electrons. The Morgan fingerprint density at radius 3 is 2.81 bits per heavy atom. The van der Waals surface area contributed by atoms with Crippen LogP contribution in [-0.2, 0) is 11.2 Å². The second-order valence-electron chi connectivity index (χ2n) is 6.48. The van der Waals surface area contributed by atoms with E-state index in [2.05, 4.69) is 15.6 Å². The van der Waals surface area contributed by atoms with Crippen molar-refractivity contribution in [2.75, 3.05) is 32.8 Å². The molecule has 2 aromatic rings. The summed E-state index contributed by atoms with van der Waals surface area (Å²) in [4.78, 5) is 4.55. The Kier molecular flexibility index (Phi) is 7.10. The van der Waals surface area contributed by atoms with Gasteiger partial charge in [0.15, 0.2) is 5.96 Å². The third-order valence-electron chi connectivity index (χ3n) is 4.43. The van der Waals surface area contributed by atoms with Crippen LogP contribution in [-0.4, -0.2) is 43.9 Å². The highest BCUT2D eigenvalue weighted by Gasteiger charge is 2.16. The van der Waals surface area contributed by atoms with Gasteiger partial charge in [0.2, 0.25) is 0 Å². The van der Waals surface area contributed by atoms with Crippen molar-refractivity contribution in [3.8, 4) is 0 Å². The van der Waals surface area contributed by atoms with E-state index < -0.39 is 6.10 Å². The predicted octanol–water partition coefficient (Wildman–Crippen LogP) is 2.13. The fraction of sp³-hybridized carbons (Fsp3) is 0.450. The van der Waals surface area contributed by atoms with Gasteiger partial charge in [-0.25, -0.2) is 0 Å². The van der Waals surface area contributed by atoms with Gasteiger partial charge in [-0.05, 0) is 24.1 Å². The summed E-state index contributed by atoms with van der Waals surface area (Å²) in [5.41, 5.74) is 0.871. The third kappa shape index (κ3) is 5.89. The van der Waals surface area contributed by atoms with Crippen LogP contribution in [0.2, 0.25) is 0 Å². The van der Waals surface area contributed by atoms with E-state index in [0.717, 1.165) is 43.9 Å². The number of furan rings is 1. The van der Waals surface area contributed by atoms with Crippen LogP contribution in [0.3, 0.4) is 0 Å². The number of benzene rings is 1. The van der Waals surface area contributed by atoms with Crippen molar-refractivity contribution in [1.82, 2.24) is 10.6 Å². The lowest BCUT2D eigenvalue weighted by Gasteiger charge is -2.16. The number of aliphatic imine (C=N–C) groups is 1. The molecule has 0 spiro atoms. The van der Waals surface area contributed by atoms with Crippen molar-refractivity contribution in [3.05, 3.63) is 60.1 Å². The fourth-order valence-electron chi connectivity index (χ4n) is 2.88. The van der Waals surface area contributed by atoms with Gasteiger partial charge >= 0.3 is 0 Å². The number of aliphatic hydroxyl groups is 1. The van der Waals surface area contributed by atoms with E-state index in [0.29, 0.717) is 25.0 Å². The fourth-order valence-corrected chi connectivity index (χ4v) is 2.88. The Balaban J connectivity index is 1.53. The Hall–Kier alpha value is -2.31. The summed E-state index contributed by atoms with van der Waals surface area (Å²) in [5.74, 6) is 2.15. The van der Waals surface area contributed by atoms with Crippen LogP contribution in [0.4, 0.5) is 0 Å². The van der Waals surface area contributed by atoms with Gasteiger partial charge in [-0.2, -0.15) is 0 Å². The van der Waals surface area contributed by atoms with Crippen LogP contribution in [0.15, 0.2) is 58.1 Å². The molecule has 0 amide bonds. The van der Waals surface area contributed by atoms with E-state index in [-0.39, 0.29) is 0 Å². The number of guanidine groups is 1. The Bertz CT molecular complexity index is 652. The van der Waals surface area contributed by atoms with Gasteiger partial charge in [0.05, 0.1) is 25.5 Å². The molecule has 1 aliphatic rings. The number of ether oxygens (including phenoxy) is 1. The van der Waals surface area contributed by atoms with Crippen molar-refractivity contribution >= 4 is 5.96 Å². The van der Waals surface area contributed by atoms with Crippen LogP contribution >= 0.6 is 0 Å². The summed E-state index contributed by atoms with van der Waals surface area (Å²) in [6, 6.07) is 13.4. The molecule has 1 aromatic heterocycles. The molecule has 2 unspecified atom stereocenters. The second kappa shape index (κ2) is 9.99. The summed E-state index contributed by atoms with van der Waals surface area (Å²) in [6.07, 6.45) is 2.91. The smallest absolute Gasteiger partial charge is 0.191 e. The minimum atomic E-state index is -0.616. The molecule has 1 fully saturated rings. The summed E-state index contributed by atoms with van der Waals surface area (Å²) < 4.78 is 10.8. The predicted molar refractivity (Wildman–Crippen MR) is 101 cm³/mol. The van der Waals surface area contributed by atoms with Crippen LogP contribution in [0, 0.1) is 5.92 Å². The zero-order chi connectivity index (χ0) is 18.0. The first-order valence-corrected chi connectivity index (χ1v) is 9.16. The molecule has 3 N–H and O–H groups in total. The SMILES string of the molecule is OC(CN=C(NCCc1ccco1)NCC1CCOC1)c1ccccc1. The molecule has 3 rings (SSSR count). The zero-order valence-electron chi connectivity index (χ0n) is 14.9. The standard InChI is InChI=1S/C20H27N3O3/c24-19(17-5-2-1-3-6-17)14-23-20(22-13-16-9-12-25-15-16)21-10-8-18-7-4-11-26-18/h1-7,11,16,19,24H,8-10,12-15H2,(H2,21,22,23). The van der Waals surface area contributed by atoms with Crippen LogP contribution < -0.4 is 10.6 Å². The first-order valence-electron chi connectivity index (χ1n) is 9.16. The Labute approximate surface area is 154 Å². The number of hydrogen-bond donors (Lipinski definition) is 3. The highest BCUT2D eigenvalue weighted by molar-refractivity contribution is 5.79. The number of nitrogens with zero attached hydrogens (tertiary/aromatic N) is 1. The van der Waals surface area contributed by atoms with Gasteiger partial charge < -0.3 is 24.9 Å². The molecule has 0 bridgehead atoms. The van der Waals surface area contributed by atoms with Crippen molar-refractivity contribution in [2.45, 2.75) is 18.9 Å². The molecule has 0 radical (unpaired) electrons. The van der Waals surface area contributed by atoms with Crippen LogP contribution in [0.1, 0.15) is 23.8 Å². The van der Waals surface area contributed by atoms with Gasteiger partial charge in [-0.3, -0.25) is 4.99 Å². The van der Waals surface area contributed by atoms with Crippen molar-refractivity contribution in [3.63, 3.8) is 0 Å². The van der Waals surface area contributed by atoms with Crippen molar-refractivity contribution in [2.24, 2.45) is 10.9 Å². The second-order valence-corrected chi connectivity index (χ2v) is 6.48. The lowest BCUT2D eigenvalue weighted by atomic mass is 10.1. The average Bonchev–Trinajstić information content (AvgIpc) is 3.38. The molecule has 1 aliphatic heterocycles. The monoisotopic (exact) mass is 357 g/mol. The van der Waals surface area contributed by atoms with Crippen molar-refractivity contribution < 1.29 is 14.3 Å². The van der Waals surface area contributed by atoms with Crippen LogP contribution in [0.5, 0.6) is 0 Å². The van der Waals surface area contributed by atoms with E-state index in [1.54, 1.807) is 6.26 Å². The number of nitrogens with one attached hydrogen (secondary N) is 2. The summed E-state index contributed by atoms with van der Waals surface area (Å²) in [5, 5.41) is 17.0. The quantitative estimate of drug-likeness (QED) is 0.498. The molecule has 0 aliphatic carbocycles. The highest BCUT2D eigenvalue weighted by atomic mass is 16.5. The zero-order valence-corrected chi connectivity index (χ0v) is 14.9. The van der Waals surface area contributed by atoms with Gasteiger partial charge in [-0.15, -0.1) is 0 Å². The first kappa shape index (κ1) is 18.5. The molecule has 6 nitrogen and oxygen atoms in total. The third-order valence-corrected chi connectivity index (χ3v) is 4.43. The Morgan fingerprint density at radius 1 is 1.19 bits per heavy atom. The van der Waals surface area contributed by atoms with Gasteiger partial charge in [0.1, 0.15) is 5.76 Å². The van der Waals surface area contributed by atoms with Gasteiger partial charge in [0.25, 0.3) is 0 Å². The molecular weight excluding hydrogens is 330 g/mol. The molecule has 26 heavy (non-hydrogen) atoms. The maximum absolute atomic E-state index is 10.3. The topological polar surface area (TPSA) is 79.0 Å². The van der Waals surface area contributed by atoms with E-state index in [1.165, 1.54) is 0 Å². The molecule has 1 aromatic carbocycles. The summed E-state index contributed by atoms with van der Waals surface area (Å²) in [6.45, 7) is 3.45. The molecular formula is C20H27N3O3. The van der Waals surface area contributed by atoms with Crippen molar-refractivity contribution in [1.29, 1.82) is 0 Å². The first-order chi connectivity index (χ1) is 12.8. The number of hydrogen-bond acceptors (Lipinski definition) is 4. The summed E-state index contributed by atoms with van der Waals surface area (Å²) >= 11 is 0. The van der Waals surface area contributed by atoms with E-state index >= 15 is 0 Å². The maximum Gasteiger partial charge on any atom is 0.191 e.